The second-order valence-corrected chi connectivity index (χ2v) is 3.01. The summed E-state index contributed by atoms with van der Waals surface area (Å²) in [6.45, 7) is 0. The van der Waals surface area contributed by atoms with Crippen LogP contribution < -0.4 is 0 Å². The summed E-state index contributed by atoms with van der Waals surface area (Å²) >= 11 is 3.05. The molecule has 13 heavy (non-hydrogen) atoms. The molecule has 0 saturated heterocycles. The highest BCUT2D eigenvalue weighted by Crippen LogP contribution is 2.23. The predicted octanol–water partition coefficient (Wildman–Crippen LogP) is 3.09. The normalized spacial score (nSPS) is 9.00. The van der Waals surface area contributed by atoms with Crippen LogP contribution in [0.25, 0.3) is 10.4 Å². The molecule has 0 aromatic heterocycles. The van der Waals surface area contributed by atoms with E-state index in [2.05, 4.69) is 26.0 Å². The Morgan fingerprint density at radius 2 is 2.31 bits per heavy atom. The topological polar surface area (TPSA) is 86.1 Å². The first kappa shape index (κ1) is 9.57. The summed E-state index contributed by atoms with van der Waals surface area (Å²) in [5.74, 6) is -1.03. The minimum atomic E-state index is -1.03. The zero-order valence-electron chi connectivity index (χ0n) is 6.31. The van der Waals surface area contributed by atoms with Crippen LogP contribution in [-0.4, -0.2) is 11.1 Å². The standard InChI is InChI=1S/C7H4BrN3O2/c8-6-3-4(10-11-9)1-2-5(6)7(12)13/h1-3H,(H,12,13). The number of nitrogens with zero attached hydrogens (tertiary/aromatic N) is 3. The largest absolute Gasteiger partial charge is 0.478 e. The molecule has 0 atom stereocenters. The summed E-state index contributed by atoms with van der Waals surface area (Å²) in [4.78, 5) is 13.1. The molecule has 0 aliphatic rings. The van der Waals surface area contributed by atoms with Crippen molar-refractivity contribution in [3.8, 4) is 0 Å². The zero-order valence-corrected chi connectivity index (χ0v) is 7.89. The molecule has 0 fully saturated rings. The van der Waals surface area contributed by atoms with Crippen molar-refractivity contribution in [1.29, 1.82) is 0 Å². The average Bonchev–Trinajstić information content (AvgIpc) is 2.04. The highest BCUT2D eigenvalue weighted by molar-refractivity contribution is 9.10. The van der Waals surface area contributed by atoms with Gasteiger partial charge in [0.1, 0.15) is 0 Å². The first-order chi connectivity index (χ1) is 6.15. The van der Waals surface area contributed by atoms with E-state index in [0.717, 1.165) is 0 Å². The molecule has 0 spiro atoms. The van der Waals surface area contributed by atoms with E-state index in [9.17, 15) is 4.79 Å². The molecule has 0 bridgehead atoms. The third-order valence-electron chi connectivity index (χ3n) is 1.34. The Morgan fingerprint density at radius 1 is 1.62 bits per heavy atom. The van der Waals surface area contributed by atoms with Gasteiger partial charge in [-0.2, -0.15) is 0 Å². The van der Waals surface area contributed by atoms with E-state index in [1.54, 1.807) is 0 Å². The summed E-state index contributed by atoms with van der Waals surface area (Å²) in [5.41, 5.74) is 8.63. The lowest BCUT2D eigenvalue weighted by atomic mass is 10.2. The summed E-state index contributed by atoms with van der Waals surface area (Å²) in [5, 5.41) is 12.0. The van der Waals surface area contributed by atoms with Crippen LogP contribution in [0.4, 0.5) is 5.69 Å². The van der Waals surface area contributed by atoms with Gasteiger partial charge in [-0.3, -0.25) is 0 Å². The van der Waals surface area contributed by atoms with Crippen molar-refractivity contribution < 1.29 is 9.90 Å². The van der Waals surface area contributed by atoms with Crippen LogP contribution >= 0.6 is 15.9 Å². The molecule has 0 unspecified atom stereocenters. The van der Waals surface area contributed by atoms with Crippen LogP contribution in [0.2, 0.25) is 0 Å². The fourth-order valence-corrected chi connectivity index (χ4v) is 1.33. The van der Waals surface area contributed by atoms with E-state index in [1.165, 1.54) is 18.2 Å². The monoisotopic (exact) mass is 241 g/mol. The van der Waals surface area contributed by atoms with Gasteiger partial charge < -0.3 is 5.11 Å². The molecule has 1 aromatic rings. The molecule has 5 nitrogen and oxygen atoms in total. The van der Waals surface area contributed by atoms with Crippen molar-refractivity contribution in [2.45, 2.75) is 0 Å². The van der Waals surface area contributed by atoms with Crippen LogP contribution in [-0.2, 0) is 0 Å². The number of azide groups is 1. The minimum absolute atomic E-state index is 0.136. The lowest BCUT2D eigenvalue weighted by molar-refractivity contribution is 0.0696. The Kier molecular flexibility index (Phi) is 2.89. The van der Waals surface area contributed by atoms with Crippen LogP contribution in [0, 0.1) is 0 Å². The van der Waals surface area contributed by atoms with Gasteiger partial charge in [0.25, 0.3) is 0 Å². The molecule has 0 aliphatic carbocycles. The number of aromatic carboxylic acids is 1. The van der Waals surface area contributed by atoms with Crippen molar-refractivity contribution in [1.82, 2.24) is 0 Å². The van der Waals surface area contributed by atoms with Crippen molar-refractivity contribution in [2.24, 2.45) is 5.11 Å². The summed E-state index contributed by atoms with van der Waals surface area (Å²) < 4.78 is 0.393. The minimum Gasteiger partial charge on any atom is -0.478 e. The van der Waals surface area contributed by atoms with E-state index < -0.39 is 5.97 Å². The summed E-state index contributed by atoms with van der Waals surface area (Å²) in [6.07, 6.45) is 0. The third-order valence-corrected chi connectivity index (χ3v) is 2.00. The van der Waals surface area contributed by atoms with Crippen molar-refractivity contribution in [3.63, 3.8) is 0 Å². The lowest BCUT2D eigenvalue weighted by Crippen LogP contribution is -1.96. The maximum Gasteiger partial charge on any atom is 0.336 e. The maximum atomic E-state index is 10.6. The number of hydrogen-bond acceptors (Lipinski definition) is 2. The molecule has 0 heterocycles. The Morgan fingerprint density at radius 3 is 2.77 bits per heavy atom. The number of benzene rings is 1. The molecule has 66 valence electrons. The Hall–Kier alpha value is -1.52. The van der Waals surface area contributed by atoms with Gasteiger partial charge in [-0.1, -0.05) is 11.2 Å². The van der Waals surface area contributed by atoms with Crippen molar-refractivity contribution in [3.05, 3.63) is 38.7 Å². The Bertz CT molecular complexity index is 399. The van der Waals surface area contributed by atoms with E-state index in [4.69, 9.17) is 10.6 Å². The van der Waals surface area contributed by atoms with Crippen molar-refractivity contribution >= 4 is 27.6 Å². The quantitative estimate of drug-likeness (QED) is 0.490. The fraction of sp³-hybridized carbons (Fsp3) is 0. The van der Waals surface area contributed by atoms with Crippen LogP contribution in [0.5, 0.6) is 0 Å². The Labute approximate surface area is 81.8 Å². The van der Waals surface area contributed by atoms with Crippen LogP contribution in [0.3, 0.4) is 0 Å². The SMILES string of the molecule is [N-]=[N+]=Nc1ccc(C(=O)O)c(Br)c1. The van der Waals surface area contributed by atoms with Gasteiger partial charge in [-0.15, -0.1) is 0 Å². The second kappa shape index (κ2) is 3.93. The number of carbonyl (C=O) groups is 1. The molecule has 0 aliphatic heterocycles. The molecule has 1 rings (SSSR count). The molecule has 6 heteroatoms. The van der Waals surface area contributed by atoms with E-state index in [1.807, 2.05) is 0 Å². The molecular formula is C7H4BrN3O2. The summed E-state index contributed by atoms with van der Waals surface area (Å²) in [7, 11) is 0. The van der Waals surface area contributed by atoms with Gasteiger partial charge in [0.15, 0.2) is 0 Å². The smallest absolute Gasteiger partial charge is 0.336 e. The molecule has 0 saturated carbocycles. The van der Waals surface area contributed by atoms with Gasteiger partial charge in [0.05, 0.1) is 5.56 Å². The lowest BCUT2D eigenvalue weighted by Gasteiger charge is -1.98. The molecule has 0 radical (unpaired) electrons. The van der Waals surface area contributed by atoms with Gasteiger partial charge in [-0.25, -0.2) is 4.79 Å². The number of carboxylic acid groups (broad SMARTS) is 1. The zero-order chi connectivity index (χ0) is 9.84. The predicted molar refractivity (Wildman–Crippen MR) is 49.9 cm³/mol. The summed E-state index contributed by atoms with van der Waals surface area (Å²) in [6, 6.07) is 4.26. The van der Waals surface area contributed by atoms with Gasteiger partial charge in [0, 0.05) is 15.1 Å². The first-order valence-corrected chi connectivity index (χ1v) is 4.02. The molecule has 0 amide bonds. The number of carboxylic acids is 1. The van der Waals surface area contributed by atoms with Gasteiger partial charge in [-0.05, 0) is 33.6 Å². The maximum absolute atomic E-state index is 10.6. The van der Waals surface area contributed by atoms with Crippen LogP contribution in [0.1, 0.15) is 10.4 Å². The molecule has 1 aromatic carbocycles. The second-order valence-electron chi connectivity index (χ2n) is 2.16. The van der Waals surface area contributed by atoms with E-state index in [0.29, 0.717) is 10.2 Å². The van der Waals surface area contributed by atoms with E-state index in [-0.39, 0.29) is 5.56 Å². The van der Waals surface area contributed by atoms with Gasteiger partial charge >= 0.3 is 5.97 Å². The van der Waals surface area contributed by atoms with Crippen molar-refractivity contribution in [2.75, 3.05) is 0 Å². The average molecular weight is 242 g/mol. The highest BCUT2D eigenvalue weighted by Gasteiger charge is 2.07. The molecular weight excluding hydrogens is 238 g/mol. The number of hydrogen-bond donors (Lipinski definition) is 1. The van der Waals surface area contributed by atoms with Gasteiger partial charge in [0.2, 0.25) is 0 Å². The number of halogens is 1. The van der Waals surface area contributed by atoms with Crippen LogP contribution in [0.15, 0.2) is 27.8 Å². The third kappa shape index (κ3) is 2.21. The van der Waals surface area contributed by atoms with E-state index >= 15 is 0 Å². The highest BCUT2D eigenvalue weighted by atomic mass is 79.9. The fourth-order valence-electron chi connectivity index (χ4n) is 0.791. The number of rotatable bonds is 2. The molecule has 1 N–H and O–H groups in total. The first-order valence-electron chi connectivity index (χ1n) is 3.23. The Balaban J connectivity index is 3.19.